The van der Waals surface area contributed by atoms with Crippen molar-refractivity contribution in [1.82, 2.24) is 19.4 Å². The van der Waals surface area contributed by atoms with Crippen molar-refractivity contribution in [3.05, 3.63) is 60.1 Å². The van der Waals surface area contributed by atoms with E-state index in [1.165, 1.54) is 6.26 Å². The molecule has 4 aromatic heterocycles. The maximum Gasteiger partial charge on any atom is 0.277 e. The summed E-state index contributed by atoms with van der Waals surface area (Å²) in [6.07, 6.45) is 9.74. The van der Waals surface area contributed by atoms with Crippen LogP contribution in [0.4, 0.5) is 11.4 Å². The normalized spacial score (nSPS) is 15.1. The van der Waals surface area contributed by atoms with Crippen molar-refractivity contribution < 1.29 is 19.4 Å². The molecule has 1 aliphatic rings. The van der Waals surface area contributed by atoms with Gasteiger partial charge in [0.1, 0.15) is 11.9 Å². The summed E-state index contributed by atoms with van der Waals surface area (Å²) in [5.74, 6) is 0.178. The molecule has 0 atom stereocenters. The Morgan fingerprint density at radius 2 is 1.88 bits per heavy atom. The molecule has 5 heterocycles. The largest absolute Gasteiger partial charge is 0.444 e. The van der Waals surface area contributed by atoms with Gasteiger partial charge in [-0.3, -0.25) is 9.78 Å². The number of nitrogens with one attached hydrogen (secondary N) is 1. The third kappa shape index (κ3) is 6.34. The van der Waals surface area contributed by atoms with Gasteiger partial charge in [-0.15, -0.1) is 0 Å². The van der Waals surface area contributed by atoms with Crippen molar-refractivity contribution in [2.45, 2.75) is 71.5 Å². The molecule has 212 valence electrons. The lowest BCUT2D eigenvalue weighted by molar-refractivity contribution is 0.00652. The molecule has 3 N–H and O–H groups in total. The van der Waals surface area contributed by atoms with Gasteiger partial charge in [-0.05, 0) is 78.4 Å². The fourth-order valence-electron chi connectivity index (χ4n) is 5.19. The summed E-state index contributed by atoms with van der Waals surface area (Å²) < 4.78 is 7.51. The zero-order valence-corrected chi connectivity index (χ0v) is 23.8. The van der Waals surface area contributed by atoms with Crippen LogP contribution in [-0.2, 0) is 6.42 Å². The first-order valence-electron chi connectivity index (χ1n) is 13.8. The molecule has 0 spiro atoms. The topological polar surface area (TPSA) is 129 Å². The number of pyridine rings is 2. The first kappa shape index (κ1) is 27.8. The Kier molecular flexibility index (Phi) is 7.41. The summed E-state index contributed by atoms with van der Waals surface area (Å²) in [5.41, 5.74) is 3.37. The highest BCUT2D eigenvalue weighted by Crippen LogP contribution is 2.35. The van der Waals surface area contributed by atoms with E-state index in [0.717, 1.165) is 54.2 Å². The minimum absolute atomic E-state index is 0.174. The lowest BCUT2D eigenvalue weighted by Crippen LogP contribution is -2.42. The number of anilines is 2. The fraction of sp³-hybridized carbons (Fsp3) is 0.467. The molecule has 0 aliphatic carbocycles. The molecule has 10 heteroatoms. The number of hydrogen-bond donors (Lipinski definition) is 3. The van der Waals surface area contributed by atoms with Gasteiger partial charge in [0, 0.05) is 49.0 Å². The monoisotopic (exact) mass is 546 g/mol. The predicted octanol–water partition coefficient (Wildman–Crippen LogP) is 4.64. The Bertz CT molecular complexity index is 1500. The molecular formula is C30H38N6O4. The summed E-state index contributed by atoms with van der Waals surface area (Å²) in [7, 11) is 0. The minimum Gasteiger partial charge on any atom is -0.444 e. The molecule has 1 fully saturated rings. The fourth-order valence-corrected chi connectivity index (χ4v) is 5.19. The zero-order valence-electron chi connectivity index (χ0n) is 23.8. The van der Waals surface area contributed by atoms with Crippen LogP contribution in [0.5, 0.6) is 0 Å². The van der Waals surface area contributed by atoms with E-state index in [9.17, 15) is 15.0 Å². The number of nitrogens with zero attached hydrogens (tertiary/aromatic N) is 5. The molecule has 40 heavy (non-hydrogen) atoms. The minimum atomic E-state index is -0.781. The van der Waals surface area contributed by atoms with Gasteiger partial charge in [0.15, 0.2) is 5.69 Å². The molecule has 1 aliphatic heterocycles. The lowest BCUT2D eigenvalue weighted by atomic mass is 9.83. The maximum atomic E-state index is 13.3. The second-order valence-corrected chi connectivity index (χ2v) is 12.0. The maximum absolute atomic E-state index is 13.3. The number of aromatic nitrogens is 4. The molecule has 0 radical (unpaired) electrons. The van der Waals surface area contributed by atoms with Crippen LogP contribution in [0.1, 0.15) is 68.8 Å². The van der Waals surface area contributed by atoms with Crippen molar-refractivity contribution in [2.24, 2.45) is 5.92 Å². The summed E-state index contributed by atoms with van der Waals surface area (Å²) in [4.78, 5) is 29.0. The average molecular weight is 547 g/mol. The summed E-state index contributed by atoms with van der Waals surface area (Å²) >= 11 is 0. The molecular weight excluding hydrogens is 508 g/mol. The van der Waals surface area contributed by atoms with E-state index in [-0.39, 0.29) is 17.5 Å². The molecule has 1 saturated heterocycles. The van der Waals surface area contributed by atoms with E-state index in [4.69, 9.17) is 9.40 Å². The van der Waals surface area contributed by atoms with Gasteiger partial charge in [-0.1, -0.05) is 0 Å². The van der Waals surface area contributed by atoms with Crippen molar-refractivity contribution in [3.8, 4) is 11.5 Å². The number of fused-ring (bicyclic) bond motifs is 1. The summed E-state index contributed by atoms with van der Waals surface area (Å²) in [5, 5.41) is 23.7. The molecule has 0 unspecified atom stereocenters. The molecule has 10 nitrogen and oxygen atoms in total. The Hall–Kier alpha value is -3.76. The number of piperidine rings is 1. The van der Waals surface area contributed by atoms with Gasteiger partial charge in [0.25, 0.3) is 5.91 Å². The third-order valence-electron chi connectivity index (χ3n) is 7.58. The zero-order chi connectivity index (χ0) is 28.7. The number of imidazole rings is 1. The Balaban J connectivity index is 1.43. The van der Waals surface area contributed by atoms with E-state index >= 15 is 0 Å². The van der Waals surface area contributed by atoms with E-state index < -0.39 is 11.2 Å². The van der Waals surface area contributed by atoms with Gasteiger partial charge < -0.3 is 29.2 Å². The smallest absolute Gasteiger partial charge is 0.277 e. The summed E-state index contributed by atoms with van der Waals surface area (Å²) in [6.45, 7) is 10.7. The van der Waals surface area contributed by atoms with Crippen molar-refractivity contribution >= 4 is 22.9 Å². The molecule has 4 aromatic rings. The second kappa shape index (κ2) is 10.7. The molecule has 5 rings (SSSR count). The van der Waals surface area contributed by atoms with E-state index in [2.05, 4.69) is 20.2 Å². The Labute approximate surface area is 234 Å². The molecule has 0 bridgehead atoms. The second-order valence-electron chi connectivity index (χ2n) is 12.0. The average Bonchev–Trinajstić information content (AvgIpc) is 3.53. The number of rotatable bonds is 8. The number of carbonyl (C=O) groups excluding carboxylic acids is 1. The van der Waals surface area contributed by atoms with Crippen LogP contribution in [0.25, 0.3) is 17.1 Å². The van der Waals surface area contributed by atoms with Crippen LogP contribution in [-0.4, -0.2) is 59.8 Å². The number of aliphatic hydroxyl groups is 2. The molecule has 0 saturated carbocycles. The summed E-state index contributed by atoms with van der Waals surface area (Å²) in [6, 6.07) is 5.63. The molecule has 1 amide bonds. The van der Waals surface area contributed by atoms with E-state index in [0.29, 0.717) is 24.4 Å². The van der Waals surface area contributed by atoms with Gasteiger partial charge in [0.2, 0.25) is 5.89 Å². The van der Waals surface area contributed by atoms with Crippen LogP contribution in [0.3, 0.4) is 0 Å². The number of amides is 1. The van der Waals surface area contributed by atoms with Crippen molar-refractivity contribution in [1.29, 1.82) is 0 Å². The third-order valence-corrected chi connectivity index (χ3v) is 7.58. The highest BCUT2D eigenvalue weighted by Gasteiger charge is 2.31. The van der Waals surface area contributed by atoms with Crippen LogP contribution < -0.4 is 10.2 Å². The SMILES string of the molecule is Cc1cc(-c2nc(C(=O)Nc3cn4cc(CCC(C)(C)O)nc4cc3N3CCC(C(C)(C)O)CC3)co2)ccn1. The van der Waals surface area contributed by atoms with Crippen LogP contribution in [0.15, 0.2) is 47.5 Å². The van der Waals surface area contributed by atoms with E-state index in [1.807, 2.05) is 49.7 Å². The first-order valence-corrected chi connectivity index (χ1v) is 13.8. The van der Waals surface area contributed by atoms with Crippen LogP contribution in [0.2, 0.25) is 0 Å². The number of carbonyl (C=O) groups is 1. The van der Waals surface area contributed by atoms with Crippen LogP contribution in [0, 0.1) is 12.8 Å². The van der Waals surface area contributed by atoms with Gasteiger partial charge in [-0.2, -0.15) is 0 Å². The quantitative estimate of drug-likeness (QED) is 0.292. The first-order chi connectivity index (χ1) is 18.9. The van der Waals surface area contributed by atoms with Crippen LogP contribution >= 0.6 is 0 Å². The Morgan fingerprint density at radius 3 is 2.55 bits per heavy atom. The highest BCUT2D eigenvalue weighted by molar-refractivity contribution is 6.05. The van der Waals surface area contributed by atoms with Gasteiger partial charge in [-0.25, -0.2) is 9.97 Å². The molecule has 0 aromatic carbocycles. The van der Waals surface area contributed by atoms with Gasteiger partial charge in [0.05, 0.1) is 28.3 Å². The highest BCUT2D eigenvalue weighted by atomic mass is 16.3. The lowest BCUT2D eigenvalue weighted by Gasteiger charge is -2.39. The van der Waals surface area contributed by atoms with Crippen molar-refractivity contribution in [2.75, 3.05) is 23.3 Å². The van der Waals surface area contributed by atoms with Gasteiger partial charge >= 0.3 is 0 Å². The number of oxazole rings is 1. The standard InChI is InChI=1S/C30H38N6O4/c1-19-14-20(7-11-31-19)28-34-24(18-40-28)27(37)33-23-17-36-16-22(6-10-29(2,3)38)32-26(36)15-25(23)35-12-8-21(9-13-35)30(4,5)39/h7,11,14-18,21,38-39H,6,8-10,12-13H2,1-5H3,(H,33,37). The van der Waals surface area contributed by atoms with Crippen molar-refractivity contribution in [3.63, 3.8) is 0 Å². The Morgan fingerprint density at radius 1 is 1.12 bits per heavy atom. The van der Waals surface area contributed by atoms with E-state index in [1.54, 1.807) is 26.1 Å². The predicted molar refractivity (Wildman–Crippen MR) is 153 cm³/mol. The number of aryl methyl sites for hydroxylation is 2. The number of hydrogen-bond acceptors (Lipinski definition) is 8.